The number of carbonyl (C=O) groups excluding carboxylic acids is 1. The molecule has 2 aromatic rings. The Morgan fingerprint density at radius 1 is 1.40 bits per heavy atom. The van der Waals surface area contributed by atoms with E-state index in [1.807, 2.05) is 20.8 Å². The first-order chi connectivity index (χ1) is 9.47. The lowest BCUT2D eigenvalue weighted by molar-refractivity contribution is -0.145. The molecule has 20 heavy (non-hydrogen) atoms. The molecule has 0 aliphatic heterocycles. The van der Waals surface area contributed by atoms with E-state index in [1.54, 1.807) is 17.7 Å². The van der Waals surface area contributed by atoms with Crippen LogP contribution in [0.15, 0.2) is 17.4 Å². The van der Waals surface area contributed by atoms with Gasteiger partial charge in [-0.2, -0.15) is 0 Å². The largest absolute Gasteiger partial charge is 0.465 e. The van der Waals surface area contributed by atoms with Crippen molar-refractivity contribution >= 4 is 39.3 Å². The fourth-order valence-corrected chi connectivity index (χ4v) is 3.72. The van der Waals surface area contributed by atoms with Gasteiger partial charge in [0, 0.05) is 10.3 Å². The summed E-state index contributed by atoms with van der Waals surface area (Å²) in [6.07, 6.45) is 2.54. The van der Waals surface area contributed by atoms with Gasteiger partial charge in [-0.1, -0.05) is 18.7 Å². The smallest absolute Gasteiger partial charge is 0.322 e. The second kappa shape index (κ2) is 6.10. The van der Waals surface area contributed by atoms with Crippen molar-refractivity contribution < 1.29 is 9.53 Å². The molecule has 0 spiro atoms. The van der Waals surface area contributed by atoms with Gasteiger partial charge in [-0.25, -0.2) is 9.97 Å². The summed E-state index contributed by atoms with van der Waals surface area (Å²) in [5.74, 6) is -0.220. The van der Waals surface area contributed by atoms with Gasteiger partial charge >= 0.3 is 5.97 Å². The van der Waals surface area contributed by atoms with Crippen LogP contribution >= 0.6 is 23.1 Å². The number of nitrogens with zero attached hydrogens (tertiary/aromatic N) is 2. The molecule has 2 rings (SSSR count). The normalized spacial score (nSPS) is 11.8. The van der Waals surface area contributed by atoms with Gasteiger partial charge in [0.1, 0.15) is 20.9 Å². The minimum atomic E-state index is -0.661. The zero-order chi connectivity index (χ0) is 14.8. The molecule has 0 aliphatic rings. The van der Waals surface area contributed by atoms with Crippen molar-refractivity contribution in [3.05, 3.63) is 17.3 Å². The average Bonchev–Trinajstić information content (AvgIpc) is 2.83. The molecule has 2 heterocycles. The standard InChI is InChI=1S/C14H18N2O2S2/c1-5-9-7-10-11(19-9)15-8-16-12(10)20-14(3,4)13(17)18-6-2/h7-8H,5-6H2,1-4H3. The number of fused-ring (bicyclic) bond motifs is 1. The first-order valence-electron chi connectivity index (χ1n) is 6.57. The highest BCUT2D eigenvalue weighted by atomic mass is 32.2. The molecule has 2 aromatic heterocycles. The number of aromatic nitrogens is 2. The van der Waals surface area contributed by atoms with Gasteiger partial charge < -0.3 is 4.74 Å². The Bertz CT molecular complexity index is 623. The maximum absolute atomic E-state index is 12.0. The van der Waals surface area contributed by atoms with Crippen LogP contribution in [0.1, 0.15) is 32.6 Å². The Hall–Kier alpha value is -1.14. The minimum Gasteiger partial charge on any atom is -0.465 e. The Kier molecular flexibility index (Phi) is 4.65. The van der Waals surface area contributed by atoms with Crippen molar-refractivity contribution in [1.29, 1.82) is 0 Å². The highest BCUT2D eigenvalue weighted by Gasteiger charge is 2.32. The minimum absolute atomic E-state index is 0.220. The van der Waals surface area contributed by atoms with Gasteiger partial charge in [0.2, 0.25) is 0 Å². The number of thioether (sulfide) groups is 1. The molecule has 0 amide bonds. The molecule has 0 saturated carbocycles. The monoisotopic (exact) mass is 310 g/mol. The second-order valence-corrected chi connectivity index (χ2v) is 7.52. The maximum Gasteiger partial charge on any atom is 0.322 e. The van der Waals surface area contributed by atoms with E-state index >= 15 is 0 Å². The number of rotatable bonds is 5. The van der Waals surface area contributed by atoms with E-state index in [1.165, 1.54) is 16.6 Å². The maximum atomic E-state index is 12.0. The quantitative estimate of drug-likeness (QED) is 0.479. The van der Waals surface area contributed by atoms with Gasteiger partial charge in [0.15, 0.2) is 0 Å². The van der Waals surface area contributed by atoms with Crippen molar-refractivity contribution in [2.75, 3.05) is 6.61 Å². The first kappa shape index (κ1) is 15.3. The fourth-order valence-electron chi connectivity index (χ4n) is 1.73. The summed E-state index contributed by atoms with van der Waals surface area (Å²) in [6.45, 7) is 8.04. The lowest BCUT2D eigenvalue weighted by Crippen LogP contribution is -2.30. The number of ether oxygens (including phenoxy) is 1. The van der Waals surface area contributed by atoms with E-state index < -0.39 is 4.75 Å². The zero-order valence-electron chi connectivity index (χ0n) is 12.1. The van der Waals surface area contributed by atoms with Crippen LogP contribution < -0.4 is 0 Å². The van der Waals surface area contributed by atoms with Crippen molar-refractivity contribution in [3.63, 3.8) is 0 Å². The fraction of sp³-hybridized carbons (Fsp3) is 0.500. The van der Waals surface area contributed by atoms with Crippen LogP contribution in [0.4, 0.5) is 0 Å². The van der Waals surface area contributed by atoms with E-state index in [0.717, 1.165) is 21.7 Å². The second-order valence-electron chi connectivity index (χ2n) is 4.80. The molecular formula is C14H18N2O2S2. The summed E-state index contributed by atoms with van der Waals surface area (Å²) in [5.41, 5.74) is 0. The molecule has 6 heteroatoms. The Labute approximate surface area is 127 Å². The van der Waals surface area contributed by atoms with Crippen molar-refractivity contribution in [3.8, 4) is 0 Å². The highest BCUT2D eigenvalue weighted by Crippen LogP contribution is 2.38. The van der Waals surface area contributed by atoms with E-state index in [-0.39, 0.29) is 5.97 Å². The Morgan fingerprint density at radius 2 is 2.15 bits per heavy atom. The number of esters is 1. The van der Waals surface area contributed by atoms with Crippen LogP contribution in [0.2, 0.25) is 0 Å². The van der Waals surface area contributed by atoms with E-state index in [4.69, 9.17) is 4.74 Å². The van der Waals surface area contributed by atoms with Gasteiger partial charge in [-0.05, 0) is 33.3 Å². The van der Waals surface area contributed by atoms with Crippen LogP contribution in [0.25, 0.3) is 10.2 Å². The molecule has 108 valence electrons. The summed E-state index contributed by atoms with van der Waals surface area (Å²) in [5, 5.41) is 1.86. The van der Waals surface area contributed by atoms with Crippen LogP contribution in [0.5, 0.6) is 0 Å². The van der Waals surface area contributed by atoms with Crippen molar-refractivity contribution in [2.24, 2.45) is 0 Å². The lowest BCUT2D eigenvalue weighted by Gasteiger charge is -2.21. The van der Waals surface area contributed by atoms with E-state index in [2.05, 4.69) is 23.0 Å². The molecular weight excluding hydrogens is 292 g/mol. The molecule has 0 saturated heterocycles. The van der Waals surface area contributed by atoms with Gasteiger partial charge in [0.25, 0.3) is 0 Å². The lowest BCUT2D eigenvalue weighted by atomic mass is 10.2. The summed E-state index contributed by atoms with van der Waals surface area (Å²) in [6, 6.07) is 2.11. The SMILES string of the molecule is CCOC(=O)C(C)(C)Sc1ncnc2sc(CC)cc12. The van der Waals surface area contributed by atoms with Crippen LogP contribution in [0.3, 0.4) is 0 Å². The molecule has 0 radical (unpaired) electrons. The molecule has 0 N–H and O–H groups in total. The highest BCUT2D eigenvalue weighted by molar-refractivity contribution is 8.01. The third-order valence-corrected chi connectivity index (χ3v) is 5.19. The molecule has 0 unspecified atom stereocenters. The summed E-state index contributed by atoms with van der Waals surface area (Å²) >= 11 is 3.10. The van der Waals surface area contributed by atoms with Crippen molar-refractivity contribution in [2.45, 2.75) is 43.9 Å². The summed E-state index contributed by atoms with van der Waals surface area (Å²) < 4.78 is 4.46. The average molecular weight is 310 g/mol. The topological polar surface area (TPSA) is 52.1 Å². The first-order valence-corrected chi connectivity index (χ1v) is 8.21. The van der Waals surface area contributed by atoms with E-state index in [9.17, 15) is 4.79 Å². The number of carbonyl (C=O) groups is 1. The molecule has 0 aromatic carbocycles. The molecule has 0 atom stereocenters. The third-order valence-electron chi connectivity index (χ3n) is 2.81. The van der Waals surface area contributed by atoms with Gasteiger partial charge in [-0.15, -0.1) is 11.3 Å². The number of hydrogen-bond acceptors (Lipinski definition) is 6. The van der Waals surface area contributed by atoms with Gasteiger partial charge in [-0.3, -0.25) is 4.79 Å². The number of hydrogen-bond donors (Lipinski definition) is 0. The predicted octanol–water partition coefficient (Wildman–Crippen LogP) is 3.69. The zero-order valence-corrected chi connectivity index (χ0v) is 13.7. The third kappa shape index (κ3) is 3.12. The summed E-state index contributed by atoms with van der Waals surface area (Å²) in [4.78, 5) is 22.9. The molecule has 0 aliphatic carbocycles. The van der Waals surface area contributed by atoms with Crippen LogP contribution in [0, 0.1) is 0 Å². The van der Waals surface area contributed by atoms with Crippen LogP contribution in [-0.2, 0) is 16.0 Å². The Morgan fingerprint density at radius 3 is 2.80 bits per heavy atom. The Balaban J connectivity index is 2.33. The molecule has 0 fully saturated rings. The predicted molar refractivity (Wildman–Crippen MR) is 83.4 cm³/mol. The number of thiophene rings is 1. The van der Waals surface area contributed by atoms with Crippen molar-refractivity contribution in [1.82, 2.24) is 9.97 Å². The molecule has 4 nitrogen and oxygen atoms in total. The van der Waals surface area contributed by atoms with Gasteiger partial charge in [0.05, 0.1) is 6.61 Å². The number of aryl methyl sites for hydroxylation is 1. The van der Waals surface area contributed by atoms with Crippen LogP contribution in [-0.4, -0.2) is 27.3 Å². The molecule has 0 bridgehead atoms. The summed E-state index contributed by atoms with van der Waals surface area (Å²) in [7, 11) is 0. The van der Waals surface area contributed by atoms with E-state index in [0.29, 0.717) is 6.61 Å².